The van der Waals surface area contributed by atoms with E-state index in [9.17, 15) is 0 Å². The molecule has 1 aliphatic rings. The lowest BCUT2D eigenvalue weighted by atomic mass is 9.94. The molecule has 0 aromatic carbocycles. The van der Waals surface area contributed by atoms with Crippen LogP contribution in [0.1, 0.15) is 25.5 Å². The van der Waals surface area contributed by atoms with Gasteiger partial charge in [-0.15, -0.1) is 0 Å². The molecule has 1 aromatic heterocycles. The highest BCUT2D eigenvalue weighted by Crippen LogP contribution is 2.37. The van der Waals surface area contributed by atoms with Crippen LogP contribution in [0, 0.1) is 5.92 Å². The molecule has 0 radical (unpaired) electrons. The van der Waals surface area contributed by atoms with Gasteiger partial charge in [0.15, 0.2) is 0 Å². The largest absolute Gasteiger partial charge is 0.491 e. The van der Waals surface area contributed by atoms with E-state index in [1.807, 2.05) is 12.1 Å². The number of pyridine rings is 1. The van der Waals surface area contributed by atoms with Crippen LogP contribution in [0.3, 0.4) is 0 Å². The van der Waals surface area contributed by atoms with Crippen molar-refractivity contribution >= 4 is 15.9 Å². The fourth-order valence-electron chi connectivity index (χ4n) is 1.59. The van der Waals surface area contributed by atoms with E-state index in [4.69, 9.17) is 4.74 Å². The van der Waals surface area contributed by atoms with E-state index in [0.717, 1.165) is 22.7 Å². The first-order valence-corrected chi connectivity index (χ1v) is 5.27. The van der Waals surface area contributed by atoms with E-state index in [1.165, 1.54) is 0 Å². The molecule has 1 atom stereocenters. The number of hydrogen-bond acceptors (Lipinski definition) is 2. The van der Waals surface area contributed by atoms with Crippen LogP contribution in [0.15, 0.2) is 16.7 Å². The molecule has 3 heteroatoms. The Morgan fingerprint density at radius 2 is 2.31 bits per heavy atom. The molecular weight excluding hydrogens is 230 g/mol. The SMILES string of the molecule is CC(C)[C@@H]1COc2ccc(Br)nc21. The summed E-state index contributed by atoms with van der Waals surface area (Å²) >= 11 is 3.37. The van der Waals surface area contributed by atoms with E-state index in [2.05, 4.69) is 34.8 Å². The molecule has 13 heavy (non-hydrogen) atoms. The van der Waals surface area contributed by atoms with Gasteiger partial charge in [-0.1, -0.05) is 13.8 Å². The topological polar surface area (TPSA) is 22.1 Å². The fourth-order valence-corrected chi connectivity index (χ4v) is 1.91. The Bertz CT molecular complexity index is 325. The molecule has 2 nitrogen and oxygen atoms in total. The lowest BCUT2D eigenvalue weighted by Crippen LogP contribution is -2.08. The molecule has 0 spiro atoms. The summed E-state index contributed by atoms with van der Waals surface area (Å²) in [4.78, 5) is 4.45. The molecule has 0 fully saturated rings. The Hall–Kier alpha value is -0.570. The summed E-state index contributed by atoms with van der Waals surface area (Å²) < 4.78 is 6.44. The van der Waals surface area contributed by atoms with Crippen molar-refractivity contribution in [2.75, 3.05) is 6.61 Å². The Balaban J connectivity index is 2.40. The summed E-state index contributed by atoms with van der Waals surface area (Å²) in [5.74, 6) is 1.98. The normalized spacial score (nSPS) is 20.2. The van der Waals surface area contributed by atoms with E-state index in [1.54, 1.807) is 0 Å². The Morgan fingerprint density at radius 3 is 3.00 bits per heavy atom. The second kappa shape index (κ2) is 3.29. The number of halogens is 1. The van der Waals surface area contributed by atoms with Gasteiger partial charge in [0.05, 0.1) is 12.3 Å². The molecule has 1 aliphatic heterocycles. The molecule has 2 heterocycles. The van der Waals surface area contributed by atoms with Crippen LogP contribution in [0.4, 0.5) is 0 Å². The molecule has 0 aliphatic carbocycles. The van der Waals surface area contributed by atoms with E-state index in [0.29, 0.717) is 11.8 Å². The van der Waals surface area contributed by atoms with Crippen LogP contribution in [0.2, 0.25) is 0 Å². The van der Waals surface area contributed by atoms with Gasteiger partial charge in [0, 0.05) is 5.92 Å². The van der Waals surface area contributed by atoms with Crippen molar-refractivity contribution < 1.29 is 4.74 Å². The average molecular weight is 242 g/mol. The van der Waals surface area contributed by atoms with Crippen molar-refractivity contribution in [3.63, 3.8) is 0 Å². The summed E-state index contributed by atoms with van der Waals surface area (Å²) in [6, 6.07) is 3.90. The van der Waals surface area contributed by atoms with Crippen LogP contribution >= 0.6 is 15.9 Å². The van der Waals surface area contributed by atoms with Crippen molar-refractivity contribution in [2.24, 2.45) is 5.92 Å². The smallest absolute Gasteiger partial charge is 0.141 e. The van der Waals surface area contributed by atoms with E-state index in [-0.39, 0.29) is 0 Å². The third kappa shape index (κ3) is 1.57. The summed E-state index contributed by atoms with van der Waals surface area (Å²) in [5.41, 5.74) is 1.10. The predicted octanol–water partition coefficient (Wildman–Crippen LogP) is 2.98. The lowest BCUT2D eigenvalue weighted by molar-refractivity contribution is 0.303. The van der Waals surface area contributed by atoms with Crippen LogP contribution < -0.4 is 4.74 Å². The number of hydrogen-bond donors (Lipinski definition) is 0. The standard InChI is InChI=1S/C10H12BrNO/c1-6(2)7-5-13-8-3-4-9(11)12-10(7)8/h3-4,6-7H,5H2,1-2H3/t7-/m0/s1. The number of fused-ring (bicyclic) bond motifs is 1. The first kappa shape index (κ1) is 9.00. The van der Waals surface area contributed by atoms with Gasteiger partial charge in [-0.25, -0.2) is 4.98 Å². The second-order valence-corrected chi connectivity index (χ2v) is 4.49. The lowest BCUT2D eigenvalue weighted by Gasteiger charge is -2.11. The maximum Gasteiger partial charge on any atom is 0.141 e. The highest BCUT2D eigenvalue weighted by Gasteiger charge is 2.28. The molecule has 0 saturated heterocycles. The van der Waals surface area contributed by atoms with Gasteiger partial charge in [0.2, 0.25) is 0 Å². The molecule has 0 bridgehead atoms. The molecule has 2 rings (SSSR count). The van der Waals surface area contributed by atoms with Gasteiger partial charge in [-0.05, 0) is 34.0 Å². The highest BCUT2D eigenvalue weighted by molar-refractivity contribution is 9.10. The molecule has 0 N–H and O–H groups in total. The summed E-state index contributed by atoms with van der Waals surface area (Å²) in [5, 5.41) is 0. The van der Waals surface area contributed by atoms with Gasteiger partial charge >= 0.3 is 0 Å². The quantitative estimate of drug-likeness (QED) is 0.706. The molecule has 0 unspecified atom stereocenters. The van der Waals surface area contributed by atoms with E-state index >= 15 is 0 Å². The average Bonchev–Trinajstić information content (AvgIpc) is 2.46. The minimum absolute atomic E-state index is 0.451. The van der Waals surface area contributed by atoms with Crippen molar-refractivity contribution in [2.45, 2.75) is 19.8 Å². The van der Waals surface area contributed by atoms with Crippen LogP contribution in [-0.2, 0) is 0 Å². The minimum Gasteiger partial charge on any atom is -0.491 e. The summed E-state index contributed by atoms with van der Waals surface area (Å²) in [6.07, 6.45) is 0. The molecular formula is C10H12BrNO. The summed E-state index contributed by atoms with van der Waals surface area (Å²) in [6.45, 7) is 5.17. The zero-order chi connectivity index (χ0) is 9.42. The third-order valence-electron chi connectivity index (χ3n) is 2.43. The number of rotatable bonds is 1. The Kier molecular flexibility index (Phi) is 2.28. The maximum absolute atomic E-state index is 5.54. The summed E-state index contributed by atoms with van der Waals surface area (Å²) in [7, 11) is 0. The zero-order valence-corrected chi connectivity index (χ0v) is 9.34. The molecule has 70 valence electrons. The number of nitrogens with zero attached hydrogens (tertiary/aromatic N) is 1. The zero-order valence-electron chi connectivity index (χ0n) is 7.75. The Morgan fingerprint density at radius 1 is 1.54 bits per heavy atom. The number of ether oxygens (including phenoxy) is 1. The molecule has 0 saturated carbocycles. The maximum atomic E-state index is 5.54. The van der Waals surface area contributed by atoms with Crippen molar-refractivity contribution in [3.05, 3.63) is 22.4 Å². The van der Waals surface area contributed by atoms with Crippen molar-refractivity contribution in [3.8, 4) is 5.75 Å². The molecule has 0 amide bonds. The van der Waals surface area contributed by atoms with Crippen molar-refractivity contribution in [1.29, 1.82) is 0 Å². The second-order valence-electron chi connectivity index (χ2n) is 3.68. The monoisotopic (exact) mass is 241 g/mol. The van der Waals surface area contributed by atoms with Crippen LogP contribution in [0.5, 0.6) is 5.75 Å². The fraction of sp³-hybridized carbons (Fsp3) is 0.500. The van der Waals surface area contributed by atoms with Crippen molar-refractivity contribution in [1.82, 2.24) is 4.98 Å². The van der Waals surface area contributed by atoms with Gasteiger partial charge in [0.1, 0.15) is 10.4 Å². The van der Waals surface area contributed by atoms with Crippen LogP contribution in [-0.4, -0.2) is 11.6 Å². The number of aromatic nitrogens is 1. The predicted molar refractivity (Wildman–Crippen MR) is 55.0 cm³/mol. The van der Waals surface area contributed by atoms with Gasteiger partial charge in [-0.2, -0.15) is 0 Å². The van der Waals surface area contributed by atoms with Gasteiger partial charge in [-0.3, -0.25) is 0 Å². The molecule has 1 aromatic rings. The third-order valence-corrected chi connectivity index (χ3v) is 2.87. The first-order chi connectivity index (χ1) is 6.18. The Labute approximate surface area is 86.5 Å². The minimum atomic E-state index is 0.451. The van der Waals surface area contributed by atoms with Gasteiger partial charge in [0.25, 0.3) is 0 Å². The van der Waals surface area contributed by atoms with Crippen LogP contribution in [0.25, 0.3) is 0 Å². The van der Waals surface area contributed by atoms with Gasteiger partial charge < -0.3 is 4.74 Å². The first-order valence-electron chi connectivity index (χ1n) is 4.47. The highest BCUT2D eigenvalue weighted by atomic mass is 79.9. The van der Waals surface area contributed by atoms with E-state index < -0.39 is 0 Å².